The van der Waals surface area contributed by atoms with Crippen LogP contribution in [0, 0.1) is 5.92 Å². The van der Waals surface area contributed by atoms with Crippen molar-refractivity contribution < 1.29 is 9.59 Å². The molecule has 0 saturated carbocycles. The van der Waals surface area contributed by atoms with Crippen LogP contribution in [-0.4, -0.2) is 50.3 Å². The highest BCUT2D eigenvalue weighted by molar-refractivity contribution is 7.99. The van der Waals surface area contributed by atoms with Crippen LogP contribution in [0.4, 0.5) is 0 Å². The van der Waals surface area contributed by atoms with Crippen LogP contribution in [0.3, 0.4) is 0 Å². The first-order valence-electron chi connectivity index (χ1n) is 10.8. The Kier molecular flexibility index (Phi) is 7.59. The van der Waals surface area contributed by atoms with Crippen molar-refractivity contribution in [1.82, 2.24) is 19.7 Å². The van der Waals surface area contributed by atoms with Crippen LogP contribution in [0.25, 0.3) is 0 Å². The summed E-state index contributed by atoms with van der Waals surface area (Å²) < 4.78 is 2.14. The minimum atomic E-state index is -0.267. The first-order chi connectivity index (χ1) is 15.6. The van der Waals surface area contributed by atoms with Gasteiger partial charge in [0.25, 0.3) is 0 Å². The summed E-state index contributed by atoms with van der Waals surface area (Å²) in [6.07, 6.45) is 2.89. The molecule has 9 heteroatoms. The Bertz CT molecular complexity index is 1030. The van der Waals surface area contributed by atoms with Gasteiger partial charge >= 0.3 is 0 Å². The summed E-state index contributed by atoms with van der Waals surface area (Å²) in [4.78, 5) is 27.2. The molecule has 32 heavy (non-hydrogen) atoms. The van der Waals surface area contributed by atoms with Gasteiger partial charge < -0.3 is 15.2 Å². The van der Waals surface area contributed by atoms with E-state index in [1.54, 1.807) is 11.3 Å². The Morgan fingerprint density at radius 3 is 2.56 bits per heavy atom. The van der Waals surface area contributed by atoms with Crippen molar-refractivity contribution in [2.75, 3.05) is 18.8 Å². The van der Waals surface area contributed by atoms with Gasteiger partial charge in [-0.3, -0.25) is 9.59 Å². The van der Waals surface area contributed by atoms with Gasteiger partial charge in [-0.25, -0.2) is 0 Å². The highest BCUT2D eigenvalue weighted by Crippen LogP contribution is 2.23. The Balaban J connectivity index is 1.41. The monoisotopic (exact) mass is 469 g/mol. The predicted octanol–water partition coefficient (Wildman–Crippen LogP) is 2.99. The van der Waals surface area contributed by atoms with Crippen molar-refractivity contribution in [2.45, 2.75) is 37.4 Å². The predicted molar refractivity (Wildman–Crippen MR) is 127 cm³/mol. The van der Waals surface area contributed by atoms with E-state index in [-0.39, 0.29) is 17.7 Å². The van der Waals surface area contributed by atoms with Crippen LogP contribution in [0.15, 0.2) is 53.0 Å². The fourth-order valence-corrected chi connectivity index (χ4v) is 5.45. The zero-order valence-corrected chi connectivity index (χ0v) is 19.5. The SMILES string of the molecule is NC(=O)C1CCN(C(=O)CSc2nnc(Cc3cccs3)n2CCc2ccccc2)CC1. The molecule has 7 nitrogen and oxygen atoms in total. The molecular weight excluding hydrogens is 442 g/mol. The van der Waals surface area contributed by atoms with Crippen molar-refractivity contribution in [1.29, 1.82) is 0 Å². The van der Waals surface area contributed by atoms with Gasteiger partial charge in [0.05, 0.1) is 5.75 Å². The van der Waals surface area contributed by atoms with Gasteiger partial charge in [-0.05, 0) is 36.3 Å². The number of thiophene rings is 1. The first-order valence-corrected chi connectivity index (χ1v) is 12.6. The summed E-state index contributed by atoms with van der Waals surface area (Å²) in [6, 6.07) is 14.5. The molecule has 3 heterocycles. The maximum absolute atomic E-state index is 12.7. The van der Waals surface area contributed by atoms with Gasteiger partial charge in [-0.15, -0.1) is 21.5 Å². The third kappa shape index (κ3) is 5.77. The second kappa shape index (κ2) is 10.8. The zero-order chi connectivity index (χ0) is 22.3. The Hall–Kier alpha value is -2.65. The van der Waals surface area contributed by atoms with Crippen LogP contribution < -0.4 is 5.73 Å². The smallest absolute Gasteiger partial charge is 0.233 e. The van der Waals surface area contributed by atoms with Gasteiger partial charge in [-0.1, -0.05) is 48.2 Å². The fourth-order valence-electron chi connectivity index (χ4n) is 3.87. The zero-order valence-electron chi connectivity index (χ0n) is 17.9. The molecule has 1 saturated heterocycles. The van der Waals surface area contributed by atoms with Gasteiger partial charge in [-0.2, -0.15) is 0 Å². The number of likely N-dealkylation sites (tertiary alicyclic amines) is 1. The molecule has 0 bridgehead atoms. The lowest BCUT2D eigenvalue weighted by atomic mass is 9.96. The van der Waals surface area contributed by atoms with E-state index in [9.17, 15) is 9.59 Å². The van der Waals surface area contributed by atoms with Crippen LogP contribution in [0.5, 0.6) is 0 Å². The second-order valence-electron chi connectivity index (χ2n) is 7.89. The van der Waals surface area contributed by atoms with Crippen LogP contribution in [0.2, 0.25) is 0 Å². The van der Waals surface area contributed by atoms with Crippen molar-refractivity contribution in [3.63, 3.8) is 0 Å². The number of aromatic nitrogens is 3. The number of hydrogen-bond donors (Lipinski definition) is 1. The molecule has 168 valence electrons. The number of carbonyl (C=O) groups is 2. The minimum Gasteiger partial charge on any atom is -0.369 e. The quantitative estimate of drug-likeness (QED) is 0.486. The number of nitrogens with zero attached hydrogens (tertiary/aromatic N) is 4. The standard InChI is InChI=1S/C23H27N5O2S2/c24-22(30)18-9-11-27(12-10-18)21(29)16-32-23-26-25-20(15-19-7-4-14-31-19)28(23)13-8-17-5-2-1-3-6-17/h1-7,14,18H,8-13,15-16H2,(H2,24,30). The molecule has 0 spiro atoms. The lowest BCUT2D eigenvalue weighted by molar-refractivity contribution is -0.132. The number of hydrogen-bond acceptors (Lipinski definition) is 6. The van der Waals surface area contributed by atoms with Crippen LogP contribution in [-0.2, 0) is 29.0 Å². The number of primary amides is 1. The molecule has 0 unspecified atom stereocenters. The number of rotatable bonds is 9. The molecule has 1 aliphatic rings. The lowest BCUT2D eigenvalue weighted by Crippen LogP contribution is -2.42. The summed E-state index contributed by atoms with van der Waals surface area (Å²) in [5.74, 6) is 0.906. The van der Waals surface area contributed by atoms with Crippen LogP contribution in [0.1, 0.15) is 29.1 Å². The number of benzene rings is 1. The summed E-state index contributed by atoms with van der Waals surface area (Å²) in [7, 11) is 0. The average molecular weight is 470 g/mol. The van der Waals surface area contributed by atoms with Crippen molar-refractivity contribution in [3.05, 3.63) is 64.1 Å². The highest BCUT2D eigenvalue weighted by Gasteiger charge is 2.26. The number of piperidine rings is 1. The fraction of sp³-hybridized carbons (Fsp3) is 0.391. The maximum atomic E-state index is 12.7. The largest absolute Gasteiger partial charge is 0.369 e. The van der Waals surface area contributed by atoms with E-state index in [1.165, 1.54) is 22.2 Å². The highest BCUT2D eigenvalue weighted by atomic mass is 32.2. The normalized spacial score (nSPS) is 14.6. The lowest BCUT2D eigenvalue weighted by Gasteiger charge is -2.30. The third-order valence-corrected chi connectivity index (χ3v) is 7.58. The van der Waals surface area contributed by atoms with Crippen molar-refractivity contribution in [3.8, 4) is 0 Å². The summed E-state index contributed by atoms with van der Waals surface area (Å²) in [5.41, 5.74) is 6.65. The van der Waals surface area contributed by atoms with E-state index < -0.39 is 0 Å². The molecule has 1 aliphatic heterocycles. The molecular formula is C23H27N5O2S2. The molecule has 2 aromatic heterocycles. The van der Waals surface area contributed by atoms with Crippen LogP contribution >= 0.6 is 23.1 Å². The van der Waals surface area contributed by atoms with Gasteiger partial charge in [0.1, 0.15) is 5.82 Å². The summed E-state index contributed by atoms with van der Waals surface area (Å²) in [5, 5.41) is 11.7. The molecule has 3 aromatic rings. The van der Waals surface area contributed by atoms with E-state index in [1.807, 2.05) is 29.2 Å². The van der Waals surface area contributed by atoms with Gasteiger partial charge in [0, 0.05) is 36.9 Å². The molecule has 0 atom stereocenters. The molecule has 1 aromatic carbocycles. The van der Waals surface area contributed by atoms with Gasteiger partial charge in [0.15, 0.2) is 5.16 Å². The van der Waals surface area contributed by atoms with Crippen molar-refractivity contribution >= 4 is 34.9 Å². The number of carbonyl (C=O) groups excluding carboxylic acids is 2. The maximum Gasteiger partial charge on any atom is 0.233 e. The Labute approximate surface area is 196 Å². The topological polar surface area (TPSA) is 94.1 Å². The Morgan fingerprint density at radius 2 is 1.88 bits per heavy atom. The molecule has 0 radical (unpaired) electrons. The molecule has 1 fully saturated rings. The number of amides is 2. The minimum absolute atomic E-state index is 0.0651. The van der Waals surface area contributed by atoms with E-state index >= 15 is 0 Å². The van der Waals surface area contributed by atoms with Gasteiger partial charge in [0.2, 0.25) is 11.8 Å². The number of thioether (sulfide) groups is 1. The van der Waals surface area contributed by atoms with E-state index in [2.05, 4.69) is 38.3 Å². The molecule has 2 N–H and O–H groups in total. The number of nitrogens with two attached hydrogens (primary N) is 1. The molecule has 0 aliphatic carbocycles. The number of aryl methyl sites for hydroxylation is 1. The van der Waals surface area contributed by atoms with E-state index in [0.29, 0.717) is 31.7 Å². The third-order valence-electron chi connectivity index (χ3n) is 5.75. The van der Waals surface area contributed by atoms with Crippen molar-refractivity contribution in [2.24, 2.45) is 11.7 Å². The second-order valence-corrected chi connectivity index (χ2v) is 9.86. The summed E-state index contributed by atoms with van der Waals surface area (Å²) in [6.45, 7) is 1.92. The molecule has 2 amide bonds. The Morgan fingerprint density at radius 1 is 1.09 bits per heavy atom. The molecule has 4 rings (SSSR count). The summed E-state index contributed by atoms with van der Waals surface area (Å²) >= 11 is 3.14. The average Bonchev–Trinajstić information content (AvgIpc) is 3.47. The first kappa shape index (κ1) is 22.5. The van der Waals surface area contributed by atoms with E-state index in [0.717, 1.165) is 30.4 Å². The van der Waals surface area contributed by atoms with E-state index in [4.69, 9.17) is 5.73 Å².